The summed E-state index contributed by atoms with van der Waals surface area (Å²) >= 11 is 0. The highest BCUT2D eigenvalue weighted by atomic mass is 15.2. The Morgan fingerprint density at radius 1 is 0.397 bits per heavy atom. The zero-order valence-electron chi connectivity index (χ0n) is 43.6. The Morgan fingerprint density at radius 2 is 0.868 bits per heavy atom. The fraction of sp³-hybridized carbons (Fsp3) is 0.354. The van der Waals surface area contributed by atoms with E-state index in [2.05, 4.69) is 247 Å². The van der Waals surface area contributed by atoms with Gasteiger partial charge in [0.05, 0.1) is 5.69 Å². The third kappa shape index (κ3) is 6.80. The van der Waals surface area contributed by atoms with Crippen LogP contribution in [0.5, 0.6) is 0 Å². The molecule has 0 saturated heterocycles. The molecule has 0 atom stereocenters. The number of benzene rings is 7. The molecular formula is C65H71BN2. The number of aryl methyl sites for hydroxylation is 1. The van der Waals surface area contributed by atoms with Gasteiger partial charge in [0.25, 0.3) is 6.71 Å². The molecule has 0 bridgehead atoms. The van der Waals surface area contributed by atoms with E-state index < -0.39 is 0 Å². The van der Waals surface area contributed by atoms with Gasteiger partial charge in [-0.15, -0.1) is 0 Å². The molecule has 0 amide bonds. The molecular weight excluding hydrogens is 820 g/mol. The van der Waals surface area contributed by atoms with E-state index >= 15 is 0 Å². The van der Waals surface area contributed by atoms with Crippen LogP contribution >= 0.6 is 0 Å². The van der Waals surface area contributed by atoms with Crippen LogP contribution in [0.15, 0.2) is 133 Å². The van der Waals surface area contributed by atoms with Crippen LogP contribution in [0.4, 0.5) is 34.1 Å². The summed E-state index contributed by atoms with van der Waals surface area (Å²) in [5, 5.41) is 0. The van der Waals surface area contributed by atoms with E-state index in [4.69, 9.17) is 0 Å². The predicted octanol–water partition coefficient (Wildman–Crippen LogP) is 15.9. The lowest BCUT2D eigenvalue weighted by Crippen LogP contribution is -2.61. The van der Waals surface area contributed by atoms with Crippen LogP contribution in [-0.4, -0.2) is 6.71 Å². The van der Waals surface area contributed by atoms with Crippen molar-refractivity contribution in [2.24, 2.45) is 0 Å². The molecule has 11 rings (SSSR count). The molecule has 0 fully saturated rings. The monoisotopic (exact) mass is 891 g/mol. The molecule has 0 aromatic heterocycles. The summed E-state index contributed by atoms with van der Waals surface area (Å²) in [6.07, 6.45) is 2.24. The van der Waals surface area contributed by atoms with Gasteiger partial charge < -0.3 is 9.80 Å². The maximum absolute atomic E-state index is 2.71. The van der Waals surface area contributed by atoms with Crippen LogP contribution in [-0.2, 0) is 32.5 Å². The number of hydrogen-bond donors (Lipinski definition) is 0. The molecule has 344 valence electrons. The molecule has 3 heteroatoms. The Balaban J connectivity index is 1.31. The second-order valence-corrected chi connectivity index (χ2v) is 25.8. The van der Waals surface area contributed by atoms with E-state index in [1.165, 1.54) is 112 Å². The van der Waals surface area contributed by atoms with Gasteiger partial charge >= 0.3 is 0 Å². The molecule has 7 aromatic carbocycles. The van der Waals surface area contributed by atoms with Crippen molar-refractivity contribution < 1.29 is 0 Å². The van der Waals surface area contributed by atoms with Gasteiger partial charge in [-0.2, -0.15) is 0 Å². The maximum Gasteiger partial charge on any atom is 0.252 e. The van der Waals surface area contributed by atoms with Crippen LogP contribution in [0.3, 0.4) is 0 Å². The average molecular weight is 891 g/mol. The normalized spacial score (nSPS) is 17.9. The van der Waals surface area contributed by atoms with Crippen molar-refractivity contribution >= 4 is 57.2 Å². The lowest BCUT2D eigenvalue weighted by atomic mass is 9.33. The summed E-state index contributed by atoms with van der Waals surface area (Å²) in [5.41, 5.74) is 26.8. The number of nitrogens with zero attached hydrogens (tertiary/aromatic N) is 2. The SMILES string of the molecule is Cc1cc2c(cc1N1c3ccc(-c4ccccc4)cc3B3c4cc5c(cc4N(c4ccc(C(C)(C)C)cc4-c4ccccc4)c4cc(C(C)(C)C)cc1c43)C(C)(C)CC5(C)C)C(C)(C)CC2(C)C. The first-order valence-electron chi connectivity index (χ1n) is 25.4. The summed E-state index contributed by atoms with van der Waals surface area (Å²) in [6.45, 7) is 36.3. The van der Waals surface area contributed by atoms with Crippen molar-refractivity contribution in [3.63, 3.8) is 0 Å². The van der Waals surface area contributed by atoms with Crippen LogP contribution in [0.25, 0.3) is 22.3 Å². The van der Waals surface area contributed by atoms with Crippen molar-refractivity contribution in [2.75, 3.05) is 9.80 Å². The van der Waals surface area contributed by atoms with E-state index in [1.807, 2.05) is 0 Å². The zero-order chi connectivity index (χ0) is 48.2. The first kappa shape index (κ1) is 44.7. The third-order valence-electron chi connectivity index (χ3n) is 16.6. The van der Waals surface area contributed by atoms with Crippen LogP contribution in [0, 0.1) is 6.92 Å². The lowest BCUT2D eigenvalue weighted by Gasteiger charge is -2.46. The van der Waals surface area contributed by atoms with Gasteiger partial charge in [0.1, 0.15) is 0 Å². The van der Waals surface area contributed by atoms with Crippen molar-refractivity contribution in [2.45, 2.75) is 149 Å². The Hall–Kier alpha value is -5.80. The van der Waals surface area contributed by atoms with E-state index in [0.29, 0.717) is 0 Å². The highest BCUT2D eigenvalue weighted by Crippen LogP contribution is 2.56. The van der Waals surface area contributed by atoms with Crippen LogP contribution in [0.2, 0.25) is 0 Å². The van der Waals surface area contributed by atoms with E-state index in [0.717, 1.165) is 12.8 Å². The molecule has 0 radical (unpaired) electrons. The molecule has 2 aliphatic carbocycles. The van der Waals surface area contributed by atoms with Crippen LogP contribution in [0.1, 0.15) is 149 Å². The van der Waals surface area contributed by atoms with E-state index in [1.54, 1.807) is 0 Å². The minimum Gasteiger partial charge on any atom is -0.311 e. The quantitative estimate of drug-likeness (QED) is 0.162. The summed E-state index contributed by atoms with van der Waals surface area (Å²) in [5.74, 6) is 0. The van der Waals surface area contributed by atoms with Gasteiger partial charge in [-0.1, -0.05) is 188 Å². The lowest BCUT2D eigenvalue weighted by molar-refractivity contribution is 0.402. The minimum atomic E-state index is -0.128. The Morgan fingerprint density at radius 3 is 1.43 bits per heavy atom. The van der Waals surface area contributed by atoms with Crippen molar-refractivity contribution in [1.29, 1.82) is 0 Å². The second-order valence-electron chi connectivity index (χ2n) is 25.8. The molecule has 0 spiro atoms. The fourth-order valence-corrected chi connectivity index (χ4v) is 13.6. The van der Waals surface area contributed by atoms with Gasteiger partial charge in [0.15, 0.2) is 0 Å². The molecule has 68 heavy (non-hydrogen) atoms. The first-order valence-corrected chi connectivity index (χ1v) is 25.4. The number of rotatable bonds is 4. The highest BCUT2D eigenvalue weighted by molar-refractivity contribution is 7.00. The van der Waals surface area contributed by atoms with Crippen molar-refractivity contribution in [1.82, 2.24) is 0 Å². The van der Waals surface area contributed by atoms with Gasteiger partial charge in [0, 0.05) is 34.0 Å². The molecule has 2 aliphatic heterocycles. The van der Waals surface area contributed by atoms with Crippen molar-refractivity contribution in [3.8, 4) is 22.3 Å². The summed E-state index contributed by atoms with van der Waals surface area (Å²) < 4.78 is 0. The minimum absolute atomic E-state index is 0.000811. The second kappa shape index (κ2) is 14.6. The summed E-state index contributed by atoms with van der Waals surface area (Å²) in [6, 6.07) is 52.5. The zero-order valence-corrected chi connectivity index (χ0v) is 43.6. The Bertz CT molecular complexity index is 3210. The predicted molar refractivity (Wildman–Crippen MR) is 295 cm³/mol. The number of fused-ring (bicyclic) bond motifs is 6. The standard InChI is InChI=1S/C65H71BN2/c1-40-30-47-49(64(12,13)38-62(47,8)9)36-55(40)68-54-28-26-43(41-22-18-16-19-23-41)31-51(54)66-52-35-48-50(65(14,15)39-63(48,10)11)37-56(52)67(57-33-45(61(5,6)7)34-58(68)59(57)66)53-29-27-44(60(2,3)4)32-46(53)42-24-20-17-21-25-42/h16-37H,38-39H2,1-15H3. The average Bonchev–Trinajstić information content (AvgIpc) is 3.58. The maximum atomic E-state index is 2.71. The van der Waals surface area contributed by atoms with Crippen LogP contribution < -0.4 is 26.2 Å². The fourth-order valence-electron chi connectivity index (χ4n) is 13.6. The van der Waals surface area contributed by atoms with Gasteiger partial charge in [0.2, 0.25) is 0 Å². The summed E-state index contributed by atoms with van der Waals surface area (Å²) in [7, 11) is 0. The summed E-state index contributed by atoms with van der Waals surface area (Å²) in [4.78, 5) is 5.40. The van der Waals surface area contributed by atoms with E-state index in [9.17, 15) is 0 Å². The smallest absolute Gasteiger partial charge is 0.252 e. The molecule has 2 nitrogen and oxygen atoms in total. The van der Waals surface area contributed by atoms with Gasteiger partial charge in [-0.25, -0.2) is 0 Å². The van der Waals surface area contributed by atoms with Gasteiger partial charge in [-0.05, 0) is 167 Å². The number of hydrogen-bond acceptors (Lipinski definition) is 2. The number of anilines is 6. The molecule has 4 aliphatic rings. The molecule has 7 aromatic rings. The van der Waals surface area contributed by atoms with Gasteiger partial charge in [-0.3, -0.25) is 0 Å². The molecule has 2 heterocycles. The molecule has 0 unspecified atom stereocenters. The Kier molecular flexibility index (Phi) is 9.61. The third-order valence-corrected chi connectivity index (χ3v) is 16.6. The molecule has 0 N–H and O–H groups in total. The van der Waals surface area contributed by atoms with Crippen molar-refractivity contribution in [3.05, 3.63) is 172 Å². The first-order chi connectivity index (χ1) is 31.9. The van der Waals surface area contributed by atoms with E-state index in [-0.39, 0.29) is 39.2 Å². The topological polar surface area (TPSA) is 6.48 Å². The molecule has 0 saturated carbocycles. The largest absolute Gasteiger partial charge is 0.311 e. The Labute approximate surface area is 408 Å². The highest BCUT2D eigenvalue weighted by Gasteiger charge is 2.50.